The van der Waals surface area contributed by atoms with Gasteiger partial charge in [-0.15, -0.1) is 0 Å². The molecule has 1 aliphatic carbocycles. The standard InChI is InChI=1S/C8H15NO4S/c1-5(2)7(8(10)11)9-14(12,13)6-3-4-6/h5-7,9H,3-4H2,1-2H3,(H,10,11)/t7-/m0/s1. The third-order valence-corrected chi connectivity index (χ3v) is 4.12. The molecule has 0 amide bonds. The molecule has 1 atom stereocenters. The summed E-state index contributed by atoms with van der Waals surface area (Å²) >= 11 is 0. The Morgan fingerprint density at radius 2 is 1.93 bits per heavy atom. The van der Waals surface area contributed by atoms with Gasteiger partial charge in [0.25, 0.3) is 0 Å². The molecule has 1 rings (SSSR count). The topological polar surface area (TPSA) is 83.5 Å². The molecule has 14 heavy (non-hydrogen) atoms. The van der Waals surface area contributed by atoms with Crippen LogP contribution in [0.15, 0.2) is 0 Å². The van der Waals surface area contributed by atoms with Crippen LogP contribution >= 0.6 is 0 Å². The molecule has 1 fully saturated rings. The van der Waals surface area contributed by atoms with Crippen LogP contribution in [0.5, 0.6) is 0 Å². The third kappa shape index (κ3) is 2.68. The SMILES string of the molecule is CC(C)[C@H](NS(=O)(=O)C1CC1)C(=O)O. The minimum atomic E-state index is -3.41. The third-order valence-electron chi connectivity index (χ3n) is 2.19. The summed E-state index contributed by atoms with van der Waals surface area (Å²) in [6.45, 7) is 3.35. The molecule has 2 N–H and O–H groups in total. The minimum Gasteiger partial charge on any atom is -0.480 e. The van der Waals surface area contributed by atoms with Crippen LogP contribution in [0.2, 0.25) is 0 Å². The van der Waals surface area contributed by atoms with Crippen molar-refractivity contribution in [3.8, 4) is 0 Å². The van der Waals surface area contributed by atoms with Crippen LogP contribution in [0, 0.1) is 5.92 Å². The van der Waals surface area contributed by atoms with E-state index in [0.717, 1.165) is 0 Å². The second-order valence-corrected chi connectivity index (χ2v) is 5.91. The van der Waals surface area contributed by atoms with E-state index in [1.54, 1.807) is 13.8 Å². The Kier molecular flexibility index (Phi) is 3.16. The fraction of sp³-hybridized carbons (Fsp3) is 0.875. The highest BCUT2D eigenvalue weighted by molar-refractivity contribution is 7.90. The molecule has 0 bridgehead atoms. The van der Waals surface area contributed by atoms with Gasteiger partial charge in [0.2, 0.25) is 10.0 Å². The zero-order valence-electron chi connectivity index (χ0n) is 8.23. The first-order valence-electron chi connectivity index (χ1n) is 4.58. The molecular formula is C8H15NO4S. The fourth-order valence-electron chi connectivity index (χ4n) is 1.12. The van der Waals surface area contributed by atoms with Gasteiger partial charge in [0.1, 0.15) is 6.04 Å². The predicted molar refractivity (Wildman–Crippen MR) is 51.3 cm³/mol. The predicted octanol–water partition coefficient (Wildman–Crippen LogP) is 0.177. The molecule has 82 valence electrons. The molecule has 0 heterocycles. The molecule has 0 radical (unpaired) electrons. The number of hydrogen-bond donors (Lipinski definition) is 2. The zero-order valence-corrected chi connectivity index (χ0v) is 9.04. The molecule has 0 aromatic rings. The average Bonchev–Trinajstić information content (AvgIpc) is 2.80. The van der Waals surface area contributed by atoms with Crippen LogP contribution in [0.25, 0.3) is 0 Å². The Hall–Kier alpha value is -0.620. The van der Waals surface area contributed by atoms with Gasteiger partial charge in [-0.2, -0.15) is 0 Å². The van der Waals surface area contributed by atoms with E-state index >= 15 is 0 Å². The summed E-state index contributed by atoms with van der Waals surface area (Å²) in [6.07, 6.45) is 1.28. The van der Waals surface area contributed by atoms with Crippen molar-refractivity contribution in [3.63, 3.8) is 0 Å². The van der Waals surface area contributed by atoms with Crippen LogP contribution in [-0.2, 0) is 14.8 Å². The van der Waals surface area contributed by atoms with Crippen molar-refractivity contribution in [2.75, 3.05) is 0 Å². The highest BCUT2D eigenvalue weighted by Crippen LogP contribution is 2.28. The molecule has 1 aliphatic rings. The van der Waals surface area contributed by atoms with Gasteiger partial charge in [-0.1, -0.05) is 13.8 Å². The first-order valence-corrected chi connectivity index (χ1v) is 6.13. The highest BCUT2D eigenvalue weighted by atomic mass is 32.2. The van der Waals surface area contributed by atoms with Gasteiger partial charge < -0.3 is 5.11 Å². The first kappa shape index (κ1) is 11.5. The van der Waals surface area contributed by atoms with Crippen molar-refractivity contribution in [2.45, 2.75) is 38.0 Å². The van der Waals surface area contributed by atoms with E-state index in [0.29, 0.717) is 12.8 Å². The van der Waals surface area contributed by atoms with E-state index in [4.69, 9.17) is 5.11 Å². The van der Waals surface area contributed by atoms with Crippen molar-refractivity contribution in [1.82, 2.24) is 4.72 Å². The minimum absolute atomic E-state index is 0.249. The lowest BCUT2D eigenvalue weighted by molar-refractivity contribution is -0.140. The summed E-state index contributed by atoms with van der Waals surface area (Å²) in [5.74, 6) is -1.37. The van der Waals surface area contributed by atoms with Gasteiger partial charge in [-0.25, -0.2) is 13.1 Å². The van der Waals surface area contributed by atoms with Crippen molar-refractivity contribution in [3.05, 3.63) is 0 Å². The molecule has 0 spiro atoms. The molecule has 0 aromatic carbocycles. The number of aliphatic carboxylic acids is 1. The molecule has 0 aliphatic heterocycles. The Bertz CT molecular complexity index is 318. The highest BCUT2D eigenvalue weighted by Gasteiger charge is 2.38. The van der Waals surface area contributed by atoms with E-state index in [9.17, 15) is 13.2 Å². The summed E-state index contributed by atoms with van der Waals surface area (Å²) in [6, 6.07) is -1.01. The fourth-order valence-corrected chi connectivity index (χ4v) is 2.80. The summed E-state index contributed by atoms with van der Waals surface area (Å²) in [5.41, 5.74) is 0. The van der Waals surface area contributed by atoms with Gasteiger partial charge in [-0.3, -0.25) is 4.79 Å². The van der Waals surface area contributed by atoms with Crippen molar-refractivity contribution < 1.29 is 18.3 Å². The van der Waals surface area contributed by atoms with Gasteiger partial charge >= 0.3 is 5.97 Å². The molecule has 6 heteroatoms. The lowest BCUT2D eigenvalue weighted by atomic mass is 10.1. The molecule has 1 saturated carbocycles. The van der Waals surface area contributed by atoms with Gasteiger partial charge in [-0.05, 0) is 18.8 Å². The van der Waals surface area contributed by atoms with E-state index < -0.39 is 22.0 Å². The maximum Gasteiger partial charge on any atom is 0.321 e. The maximum absolute atomic E-state index is 11.4. The molecule has 0 saturated heterocycles. The molecule has 0 aromatic heterocycles. The van der Waals surface area contributed by atoms with Gasteiger partial charge in [0.05, 0.1) is 5.25 Å². The summed E-state index contributed by atoms with van der Waals surface area (Å²) < 4.78 is 25.1. The largest absolute Gasteiger partial charge is 0.480 e. The van der Waals surface area contributed by atoms with Crippen molar-refractivity contribution in [2.24, 2.45) is 5.92 Å². The van der Waals surface area contributed by atoms with Crippen LogP contribution < -0.4 is 4.72 Å². The van der Waals surface area contributed by atoms with Crippen LogP contribution in [0.1, 0.15) is 26.7 Å². The van der Waals surface area contributed by atoms with E-state index in [-0.39, 0.29) is 11.2 Å². The monoisotopic (exact) mass is 221 g/mol. The van der Waals surface area contributed by atoms with Crippen LogP contribution in [0.4, 0.5) is 0 Å². The van der Waals surface area contributed by atoms with E-state index in [2.05, 4.69) is 4.72 Å². The average molecular weight is 221 g/mol. The van der Waals surface area contributed by atoms with E-state index in [1.165, 1.54) is 0 Å². The maximum atomic E-state index is 11.4. The number of carboxylic acids is 1. The second kappa shape index (κ2) is 3.86. The van der Waals surface area contributed by atoms with E-state index in [1.807, 2.05) is 0 Å². The molecular weight excluding hydrogens is 206 g/mol. The van der Waals surface area contributed by atoms with Gasteiger partial charge in [0.15, 0.2) is 0 Å². The number of hydrogen-bond acceptors (Lipinski definition) is 3. The van der Waals surface area contributed by atoms with Gasteiger partial charge in [0, 0.05) is 0 Å². The first-order chi connectivity index (χ1) is 6.34. The summed E-state index contributed by atoms with van der Waals surface area (Å²) in [4.78, 5) is 10.7. The van der Waals surface area contributed by atoms with Crippen molar-refractivity contribution >= 4 is 16.0 Å². The number of sulfonamides is 1. The quantitative estimate of drug-likeness (QED) is 0.693. The zero-order chi connectivity index (χ0) is 10.9. The van der Waals surface area contributed by atoms with Crippen LogP contribution in [0.3, 0.4) is 0 Å². The molecule has 5 nitrogen and oxygen atoms in total. The second-order valence-electron chi connectivity index (χ2n) is 3.92. The lowest BCUT2D eigenvalue weighted by Gasteiger charge is -2.17. The number of nitrogens with one attached hydrogen (secondary N) is 1. The Labute approximate surface area is 83.6 Å². The lowest BCUT2D eigenvalue weighted by Crippen LogP contribution is -2.45. The normalized spacial score (nSPS) is 19.6. The van der Waals surface area contributed by atoms with Crippen molar-refractivity contribution in [1.29, 1.82) is 0 Å². The number of carboxylic acid groups (broad SMARTS) is 1. The summed E-state index contributed by atoms with van der Waals surface area (Å²) in [5, 5.41) is 8.41. The van der Waals surface area contributed by atoms with Crippen LogP contribution in [-0.4, -0.2) is 30.8 Å². The smallest absolute Gasteiger partial charge is 0.321 e. The Morgan fingerprint density at radius 1 is 1.43 bits per heavy atom. The summed E-state index contributed by atoms with van der Waals surface area (Å²) in [7, 11) is -3.41. The number of carbonyl (C=O) groups is 1. The number of rotatable bonds is 5. The Balaban J connectivity index is 2.68. The molecule has 0 unspecified atom stereocenters. The Morgan fingerprint density at radius 3 is 2.21 bits per heavy atom.